The first-order valence-corrected chi connectivity index (χ1v) is 10.2. The molecule has 0 bridgehead atoms. The van der Waals surface area contributed by atoms with Crippen molar-refractivity contribution in [3.05, 3.63) is 60.2 Å². The molecule has 2 aromatic carbocycles. The van der Waals surface area contributed by atoms with E-state index in [2.05, 4.69) is 5.32 Å². The maximum atomic E-state index is 12.3. The lowest BCUT2D eigenvalue weighted by Crippen LogP contribution is -2.35. The van der Waals surface area contributed by atoms with Crippen molar-refractivity contribution in [3.8, 4) is 5.75 Å². The van der Waals surface area contributed by atoms with Gasteiger partial charge in [-0.1, -0.05) is 42.5 Å². The fourth-order valence-corrected chi connectivity index (χ4v) is 4.28. The number of carboxylic acids is 2. The van der Waals surface area contributed by atoms with Crippen molar-refractivity contribution in [2.45, 2.75) is 24.5 Å². The number of aliphatic carboxylic acids is 2. The molecule has 0 aromatic heterocycles. The Labute approximate surface area is 169 Å². The summed E-state index contributed by atoms with van der Waals surface area (Å²) in [6.45, 7) is 0. The topological polar surface area (TPSA) is 133 Å². The molecule has 4 atom stereocenters. The Kier molecular flexibility index (Phi) is 8.12. The number of ether oxygens (including phenoxy) is 1. The van der Waals surface area contributed by atoms with Gasteiger partial charge in [0.25, 0.3) is 0 Å². The molecule has 0 saturated carbocycles. The molecule has 0 saturated heterocycles. The highest BCUT2D eigenvalue weighted by atomic mass is 31.1. The predicted molar refractivity (Wildman–Crippen MR) is 107 cm³/mol. The smallest absolute Gasteiger partial charge is 0.495 e. The van der Waals surface area contributed by atoms with Gasteiger partial charge in [0.1, 0.15) is 17.7 Å². The van der Waals surface area contributed by atoms with Crippen LogP contribution in [0.15, 0.2) is 54.6 Å². The standard InChI is InChI=1S/C20H22NO7P/c1-28-16-10-6-5-9-15(16)21-18(13-7-3-2-4-8-13)19(29(26)27)14(20(24)25)11-12-17(22)23/h2-10,14,18-19,21H,11-12H2,1H3,(H2-,22,23,24,25,26,27)/p+1. The second-order valence-corrected chi connectivity index (χ2v) is 7.60. The van der Waals surface area contributed by atoms with Crippen LogP contribution in [0.1, 0.15) is 24.4 Å². The third-order valence-electron chi connectivity index (χ3n) is 4.57. The predicted octanol–water partition coefficient (Wildman–Crippen LogP) is 3.52. The molecular formula is C20H23NO7P+. The van der Waals surface area contributed by atoms with Gasteiger partial charge in [-0.2, -0.15) is 4.89 Å². The Balaban J connectivity index is 2.51. The highest BCUT2D eigenvalue weighted by molar-refractivity contribution is 7.39. The van der Waals surface area contributed by atoms with Gasteiger partial charge in [0.15, 0.2) is 0 Å². The Morgan fingerprint density at radius 1 is 1.07 bits per heavy atom. The summed E-state index contributed by atoms with van der Waals surface area (Å²) in [5.41, 5.74) is -0.149. The van der Waals surface area contributed by atoms with E-state index < -0.39 is 44.0 Å². The Hall–Kier alpha value is -2.96. The van der Waals surface area contributed by atoms with Crippen LogP contribution in [0, 0.1) is 5.92 Å². The summed E-state index contributed by atoms with van der Waals surface area (Å²) in [5.74, 6) is -3.35. The monoisotopic (exact) mass is 420 g/mol. The minimum absolute atomic E-state index is 0.270. The number of nitrogens with one attached hydrogen (secondary N) is 1. The molecule has 0 amide bonds. The first kappa shape index (κ1) is 22.3. The van der Waals surface area contributed by atoms with Crippen LogP contribution in [0.4, 0.5) is 5.69 Å². The van der Waals surface area contributed by atoms with Crippen molar-refractivity contribution < 1.29 is 34.0 Å². The highest BCUT2D eigenvalue weighted by Crippen LogP contribution is 2.43. The quantitative estimate of drug-likeness (QED) is 0.406. The minimum Gasteiger partial charge on any atom is -0.495 e. The van der Waals surface area contributed by atoms with Crippen molar-refractivity contribution in [2.24, 2.45) is 5.92 Å². The van der Waals surface area contributed by atoms with Crippen LogP contribution in [0.5, 0.6) is 5.75 Å². The summed E-state index contributed by atoms with van der Waals surface area (Å²) >= 11 is 0. The number of benzene rings is 2. The van der Waals surface area contributed by atoms with Crippen molar-refractivity contribution in [1.29, 1.82) is 0 Å². The van der Waals surface area contributed by atoms with E-state index in [1.165, 1.54) is 7.11 Å². The first-order valence-electron chi connectivity index (χ1n) is 8.89. The third-order valence-corrected chi connectivity index (χ3v) is 5.74. The molecule has 2 aromatic rings. The summed E-state index contributed by atoms with van der Waals surface area (Å²) in [4.78, 5) is 32.9. The van der Waals surface area contributed by atoms with Gasteiger partial charge in [-0.15, -0.1) is 0 Å². The summed E-state index contributed by atoms with van der Waals surface area (Å²) in [7, 11) is -1.49. The zero-order valence-corrected chi connectivity index (χ0v) is 16.7. The van der Waals surface area contributed by atoms with Gasteiger partial charge in [0.2, 0.25) is 5.66 Å². The Morgan fingerprint density at radius 3 is 2.24 bits per heavy atom. The van der Waals surface area contributed by atoms with Gasteiger partial charge in [-0.25, -0.2) is 0 Å². The second-order valence-electron chi connectivity index (χ2n) is 6.40. The Morgan fingerprint density at radius 2 is 1.69 bits per heavy atom. The van der Waals surface area contributed by atoms with E-state index >= 15 is 0 Å². The molecule has 9 heteroatoms. The summed E-state index contributed by atoms with van der Waals surface area (Å²) < 4.78 is 17.6. The van der Waals surface area contributed by atoms with E-state index in [9.17, 15) is 24.2 Å². The van der Waals surface area contributed by atoms with E-state index in [-0.39, 0.29) is 6.42 Å². The number of anilines is 1. The lowest BCUT2D eigenvalue weighted by atomic mass is 9.90. The molecule has 0 spiro atoms. The summed E-state index contributed by atoms with van der Waals surface area (Å²) in [6.07, 6.45) is -0.694. The fraction of sp³-hybridized carbons (Fsp3) is 0.300. The number of carboxylic acid groups (broad SMARTS) is 2. The van der Waals surface area contributed by atoms with Crippen molar-refractivity contribution in [1.82, 2.24) is 0 Å². The average molecular weight is 420 g/mol. The fourth-order valence-electron chi connectivity index (χ4n) is 3.19. The average Bonchev–Trinajstić information content (AvgIpc) is 2.70. The molecular weight excluding hydrogens is 397 g/mol. The van der Waals surface area contributed by atoms with Gasteiger partial charge >= 0.3 is 20.0 Å². The normalized spacial score (nSPS) is 14.3. The summed E-state index contributed by atoms with van der Waals surface area (Å²) in [6, 6.07) is 14.7. The van der Waals surface area contributed by atoms with E-state index in [0.29, 0.717) is 17.0 Å². The molecule has 0 heterocycles. The maximum absolute atomic E-state index is 12.3. The molecule has 0 aliphatic heterocycles. The van der Waals surface area contributed by atoms with E-state index in [4.69, 9.17) is 9.84 Å². The molecule has 0 fully saturated rings. The Bertz CT molecular complexity index is 859. The molecule has 154 valence electrons. The van der Waals surface area contributed by atoms with Crippen LogP contribution < -0.4 is 10.1 Å². The third kappa shape index (κ3) is 6.01. The molecule has 4 unspecified atom stereocenters. The molecule has 2 rings (SSSR count). The van der Waals surface area contributed by atoms with E-state index in [0.717, 1.165) is 0 Å². The highest BCUT2D eigenvalue weighted by Gasteiger charge is 2.48. The van der Waals surface area contributed by atoms with Crippen LogP contribution in [-0.2, 0) is 14.2 Å². The zero-order chi connectivity index (χ0) is 21.4. The van der Waals surface area contributed by atoms with E-state index in [1.807, 2.05) is 0 Å². The maximum Gasteiger partial charge on any atom is 0.512 e. The SMILES string of the molecule is COc1ccccc1NC(c1ccccc1)C(C(CCC(=O)O)C(=O)O)[P+](=O)O. The minimum atomic E-state index is -2.97. The largest absolute Gasteiger partial charge is 0.512 e. The first-order chi connectivity index (χ1) is 13.8. The zero-order valence-electron chi connectivity index (χ0n) is 15.8. The van der Waals surface area contributed by atoms with Crippen molar-refractivity contribution in [2.75, 3.05) is 12.4 Å². The molecule has 0 radical (unpaired) electrons. The molecule has 0 aliphatic rings. The number of methoxy groups -OCH3 is 1. The second kappa shape index (κ2) is 10.5. The lowest BCUT2D eigenvalue weighted by molar-refractivity contribution is -0.143. The van der Waals surface area contributed by atoms with Gasteiger partial charge in [-0.3, -0.25) is 9.59 Å². The molecule has 0 aliphatic carbocycles. The van der Waals surface area contributed by atoms with Crippen LogP contribution in [0.3, 0.4) is 0 Å². The molecule has 29 heavy (non-hydrogen) atoms. The van der Waals surface area contributed by atoms with Crippen LogP contribution in [0.2, 0.25) is 0 Å². The molecule has 8 nitrogen and oxygen atoms in total. The van der Waals surface area contributed by atoms with Crippen LogP contribution >= 0.6 is 8.03 Å². The lowest BCUT2D eigenvalue weighted by Gasteiger charge is -2.26. The van der Waals surface area contributed by atoms with Gasteiger partial charge in [0, 0.05) is 6.42 Å². The van der Waals surface area contributed by atoms with Crippen LogP contribution in [0.25, 0.3) is 0 Å². The van der Waals surface area contributed by atoms with E-state index in [1.54, 1.807) is 54.6 Å². The number of para-hydroxylation sites is 2. The number of carbonyl (C=O) groups is 2. The van der Waals surface area contributed by atoms with Gasteiger partial charge in [0.05, 0.1) is 12.8 Å². The van der Waals surface area contributed by atoms with Crippen molar-refractivity contribution in [3.63, 3.8) is 0 Å². The summed E-state index contributed by atoms with van der Waals surface area (Å²) in [5, 5.41) is 21.8. The number of rotatable bonds is 11. The number of hydrogen-bond donors (Lipinski definition) is 4. The van der Waals surface area contributed by atoms with Crippen LogP contribution in [-0.4, -0.2) is 39.8 Å². The van der Waals surface area contributed by atoms with Crippen molar-refractivity contribution >= 4 is 25.7 Å². The number of hydrogen-bond acceptors (Lipinski definition) is 5. The van der Waals surface area contributed by atoms with Gasteiger partial charge in [-0.05, 0) is 28.7 Å². The van der Waals surface area contributed by atoms with Gasteiger partial charge < -0.3 is 20.3 Å². The molecule has 4 N–H and O–H groups in total.